The van der Waals surface area contributed by atoms with Gasteiger partial charge in [0, 0.05) is 12.1 Å². The summed E-state index contributed by atoms with van der Waals surface area (Å²) in [7, 11) is 0. The summed E-state index contributed by atoms with van der Waals surface area (Å²) >= 11 is 0. The molecule has 1 N–H and O–H groups in total. The summed E-state index contributed by atoms with van der Waals surface area (Å²) in [6.45, 7) is 8.58. The number of carbonyl (C=O) groups is 1. The van der Waals surface area contributed by atoms with Crippen molar-refractivity contribution in [3.63, 3.8) is 0 Å². The van der Waals surface area contributed by atoms with Crippen LogP contribution in [0.15, 0.2) is 42.5 Å². The molecule has 0 heterocycles. The lowest BCUT2D eigenvalue weighted by molar-refractivity contribution is -0.116. The van der Waals surface area contributed by atoms with E-state index in [0.717, 1.165) is 24.9 Å². The van der Waals surface area contributed by atoms with Gasteiger partial charge in [-0.15, -0.1) is 0 Å². The van der Waals surface area contributed by atoms with Crippen LogP contribution in [0.25, 0.3) is 0 Å². The molecule has 0 bridgehead atoms. The van der Waals surface area contributed by atoms with Crippen LogP contribution in [0.4, 0.5) is 5.69 Å². The number of aryl methyl sites for hydroxylation is 3. The van der Waals surface area contributed by atoms with Gasteiger partial charge >= 0.3 is 0 Å². The summed E-state index contributed by atoms with van der Waals surface area (Å²) in [5.74, 6) is 0.316. The molecule has 0 aliphatic carbocycles. The molecule has 2 aromatic carbocycles. The maximum Gasteiger partial charge on any atom is 0.224 e. The minimum Gasteiger partial charge on any atom is -0.326 e. The van der Waals surface area contributed by atoms with Crippen molar-refractivity contribution in [3.8, 4) is 0 Å². The number of hydrogen-bond acceptors (Lipinski definition) is 1. The Labute approximate surface area is 146 Å². The number of anilines is 1. The van der Waals surface area contributed by atoms with E-state index in [4.69, 9.17) is 0 Å². The molecular weight excluding hydrogens is 294 g/mol. The number of nitrogens with one attached hydrogen (secondary N) is 1. The predicted molar refractivity (Wildman–Crippen MR) is 103 cm³/mol. The number of carbonyl (C=O) groups excluding carboxylic acids is 1. The molecule has 24 heavy (non-hydrogen) atoms. The Kier molecular flexibility index (Phi) is 6.60. The van der Waals surface area contributed by atoms with E-state index in [1.165, 1.54) is 22.3 Å². The van der Waals surface area contributed by atoms with Gasteiger partial charge in [0.1, 0.15) is 0 Å². The molecule has 2 aromatic rings. The maximum absolute atomic E-state index is 12.6. The first-order chi connectivity index (χ1) is 11.6. The number of benzene rings is 2. The SMILES string of the molecule is CCc1cc(CC)c(NC(=O)C[C@@H](C)c2ccccc2)c(CC)c1. The van der Waals surface area contributed by atoms with E-state index in [1.807, 2.05) is 18.2 Å². The Morgan fingerprint density at radius 1 is 0.958 bits per heavy atom. The summed E-state index contributed by atoms with van der Waals surface area (Å²) in [4.78, 5) is 12.6. The lowest BCUT2D eigenvalue weighted by Crippen LogP contribution is -2.17. The second kappa shape index (κ2) is 8.68. The first kappa shape index (κ1) is 18.3. The summed E-state index contributed by atoms with van der Waals surface area (Å²) in [6, 6.07) is 14.7. The molecule has 1 amide bonds. The zero-order valence-corrected chi connectivity index (χ0v) is 15.4. The Morgan fingerprint density at radius 3 is 2.04 bits per heavy atom. The summed E-state index contributed by atoms with van der Waals surface area (Å²) < 4.78 is 0. The van der Waals surface area contributed by atoms with E-state index < -0.39 is 0 Å². The van der Waals surface area contributed by atoms with Gasteiger partial charge in [-0.05, 0) is 47.4 Å². The van der Waals surface area contributed by atoms with Crippen LogP contribution in [0.1, 0.15) is 62.3 Å². The lowest BCUT2D eigenvalue weighted by atomic mass is 9.96. The van der Waals surface area contributed by atoms with Crippen LogP contribution in [0.5, 0.6) is 0 Å². The molecule has 0 aliphatic rings. The molecule has 0 aromatic heterocycles. The van der Waals surface area contributed by atoms with Gasteiger partial charge in [-0.3, -0.25) is 4.79 Å². The van der Waals surface area contributed by atoms with Crippen LogP contribution in [-0.2, 0) is 24.1 Å². The third-order valence-corrected chi connectivity index (χ3v) is 4.66. The van der Waals surface area contributed by atoms with Gasteiger partial charge in [0.2, 0.25) is 5.91 Å². The highest BCUT2D eigenvalue weighted by Gasteiger charge is 2.15. The highest BCUT2D eigenvalue weighted by molar-refractivity contribution is 5.93. The highest BCUT2D eigenvalue weighted by Crippen LogP contribution is 2.27. The number of rotatable bonds is 7. The molecule has 128 valence electrons. The average molecular weight is 323 g/mol. The van der Waals surface area contributed by atoms with Gasteiger partial charge in [0.15, 0.2) is 0 Å². The molecule has 2 heteroatoms. The zero-order chi connectivity index (χ0) is 17.5. The molecule has 0 unspecified atom stereocenters. The Balaban J connectivity index is 2.16. The molecule has 1 atom stereocenters. The monoisotopic (exact) mass is 323 g/mol. The van der Waals surface area contributed by atoms with Crippen molar-refractivity contribution in [1.82, 2.24) is 0 Å². The van der Waals surface area contributed by atoms with E-state index in [-0.39, 0.29) is 11.8 Å². The fourth-order valence-corrected chi connectivity index (χ4v) is 3.13. The average Bonchev–Trinajstić information content (AvgIpc) is 2.62. The molecule has 0 radical (unpaired) electrons. The Hall–Kier alpha value is -2.09. The van der Waals surface area contributed by atoms with E-state index in [1.54, 1.807) is 0 Å². The molecule has 0 saturated heterocycles. The molecule has 2 nitrogen and oxygen atoms in total. The smallest absolute Gasteiger partial charge is 0.224 e. The summed E-state index contributed by atoms with van der Waals surface area (Å²) in [5, 5.41) is 3.19. The fraction of sp³-hybridized carbons (Fsp3) is 0.409. The molecule has 2 rings (SSSR count). The van der Waals surface area contributed by atoms with Crippen LogP contribution in [0.3, 0.4) is 0 Å². The van der Waals surface area contributed by atoms with Crippen molar-refractivity contribution in [2.24, 2.45) is 0 Å². The van der Waals surface area contributed by atoms with Crippen LogP contribution in [0.2, 0.25) is 0 Å². The molecule has 0 fully saturated rings. The van der Waals surface area contributed by atoms with Crippen LogP contribution < -0.4 is 5.32 Å². The van der Waals surface area contributed by atoms with Crippen LogP contribution in [0, 0.1) is 0 Å². The lowest BCUT2D eigenvalue weighted by Gasteiger charge is -2.18. The molecular formula is C22H29NO. The largest absolute Gasteiger partial charge is 0.326 e. The van der Waals surface area contributed by atoms with E-state index in [0.29, 0.717) is 6.42 Å². The van der Waals surface area contributed by atoms with Crippen LogP contribution in [-0.4, -0.2) is 5.91 Å². The molecule has 0 saturated carbocycles. The Bertz CT molecular complexity index is 651. The Morgan fingerprint density at radius 2 is 1.54 bits per heavy atom. The fourth-order valence-electron chi connectivity index (χ4n) is 3.13. The van der Waals surface area contributed by atoms with Crippen molar-refractivity contribution < 1.29 is 4.79 Å². The third kappa shape index (κ3) is 4.47. The van der Waals surface area contributed by atoms with Gasteiger partial charge in [0.05, 0.1) is 0 Å². The second-order valence-electron chi connectivity index (χ2n) is 6.41. The van der Waals surface area contributed by atoms with Crippen molar-refractivity contribution in [2.45, 2.75) is 59.3 Å². The third-order valence-electron chi connectivity index (χ3n) is 4.66. The normalized spacial score (nSPS) is 12.0. The second-order valence-corrected chi connectivity index (χ2v) is 6.41. The van der Waals surface area contributed by atoms with E-state index in [9.17, 15) is 4.79 Å². The van der Waals surface area contributed by atoms with E-state index >= 15 is 0 Å². The summed E-state index contributed by atoms with van der Waals surface area (Å²) in [6.07, 6.45) is 3.40. The van der Waals surface area contributed by atoms with Gasteiger partial charge in [-0.1, -0.05) is 70.2 Å². The first-order valence-corrected chi connectivity index (χ1v) is 9.08. The number of hydrogen-bond donors (Lipinski definition) is 1. The van der Waals surface area contributed by atoms with Crippen molar-refractivity contribution >= 4 is 11.6 Å². The molecule has 0 spiro atoms. The van der Waals surface area contributed by atoms with Crippen molar-refractivity contribution in [2.75, 3.05) is 5.32 Å². The summed E-state index contributed by atoms with van der Waals surface area (Å²) in [5.41, 5.74) is 6.07. The van der Waals surface area contributed by atoms with Gasteiger partial charge in [-0.25, -0.2) is 0 Å². The van der Waals surface area contributed by atoms with Gasteiger partial charge in [-0.2, -0.15) is 0 Å². The molecule has 0 aliphatic heterocycles. The topological polar surface area (TPSA) is 29.1 Å². The predicted octanol–water partition coefficient (Wildman–Crippen LogP) is 5.51. The number of amides is 1. The first-order valence-electron chi connectivity index (χ1n) is 9.08. The zero-order valence-electron chi connectivity index (χ0n) is 15.4. The van der Waals surface area contributed by atoms with Crippen molar-refractivity contribution in [3.05, 3.63) is 64.7 Å². The van der Waals surface area contributed by atoms with Crippen molar-refractivity contribution in [1.29, 1.82) is 0 Å². The van der Waals surface area contributed by atoms with Crippen LogP contribution >= 0.6 is 0 Å². The minimum atomic E-state index is 0.0972. The highest BCUT2D eigenvalue weighted by atomic mass is 16.1. The maximum atomic E-state index is 12.6. The minimum absolute atomic E-state index is 0.0972. The standard InChI is InChI=1S/C22H29NO/c1-5-17-14-18(6-2)22(19(7-3)15-17)23-21(24)13-16(4)20-11-9-8-10-12-20/h8-12,14-16H,5-7,13H2,1-4H3,(H,23,24)/t16-/m1/s1. The van der Waals surface area contributed by atoms with Gasteiger partial charge in [0.25, 0.3) is 0 Å². The van der Waals surface area contributed by atoms with Gasteiger partial charge < -0.3 is 5.32 Å². The quantitative estimate of drug-likeness (QED) is 0.715. The van der Waals surface area contributed by atoms with E-state index in [2.05, 4.69) is 57.3 Å².